The quantitative estimate of drug-likeness (QED) is 0.789. The lowest BCUT2D eigenvalue weighted by atomic mass is 9.94. The van der Waals surface area contributed by atoms with Crippen LogP contribution in [0, 0.1) is 5.92 Å². The molecule has 0 fully saturated rings. The average Bonchev–Trinajstić information content (AvgIpc) is 2.84. The van der Waals surface area contributed by atoms with E-state index in [2.05, 4.69) is 10.3 Å². The van der Waals surface area contributed by atoms with E-state index in [1.165, 1.54) is 22.5 Å². The minimum Gasteiger partial charge on any atom is -0.388 e. The van der Waals surface area contributed by atoms with Crippen molar-refractivity contribution in [1.29, 1.82) is 0 Å². The van der Waals surface area contributed by atoms with Crippen LogP contribution in [0.1, 0.15) is 37.6 Å². The molecule has 1 aromatic heterocycles. The molecule has 1 aromatic rings. The highest BCUT2D eigenvalue weighted by Crippen LogP contribution is 2.20. The normalized spacial score (nSPS) is 16.6. The second kappa shape index (κ2) is 6.19. The lowest BCUT2D eigenvalue weighted by molar-refractivity contribution is 0.0368. The molecule has 116 valence electrons. The summed E-state index contributed by atoms with van der Waals surface area (Å²) < 4.78 is 1.52. The number of fused-ring (bicyclic) bond motifs is 1. The average molecular weight is 311 g/mol. The maximum Gasteiger partial charge on any atom is 0.267 e. The van der Waals surface area contributed by atoms with E-state index in [1.54, 1.807) is 6.92 Å². The van der Waals surface area contributed by atoms with Gasteiger partial charge in [-0.3, -0.25) is 14.2 Å². The Morgan fingerprint density at radius 1 is 1.62 bits per heavy atom. The van der Waals surface area contributed by atoms with E-state index in [-0.39, 0.29) is 17.7 Å². The maximum atomic E-state index is 12.2. The van der Waals surface area contributed by atoms with Crippen LogP contribution in [0.15, 0.2) is 16.1 Å². The molecule has 0 bridgehead atoms. The zero-order valence-corrected chi connectivity index (χ0v) is 13.4. The third kappa shape index (κ3) is 3.85. The second-order valence-electron chi connectivity index (χ2n) is 6.04. The number of nitrogens with zero attached hydrogens (tertiary/aromatic N) is 2. The largest absolute Gasteiger partial charge is 0.388 e. The summed E-state index contributed by atoms with van der Waals surface area (Å²) in [4.78, 5) is 28.4. The van der Waals surface area contributed by atoms with E-state index in [9.17, 15) is 14.7 Å². The summed E-state index contributed by atoms with van der Waals surface area (Å²) in [6, 6.07) is 0. The van der Waals surface area contributed by atoms with Crippen molar-refractivity contribution in [3.63, 3.8) is 0 Å². The smallest absolute Gasteiger partial charge is 0.267 e. The molecule has 1 amide bonds. The summed E-state index contributed by atoms with van der Waals surface area (Å²) in [6.07, 6.45) is 1.89. The van der Waals surface area contributed by atoms with Crippen molar-refractivity contribution in [1.82, 2.24) is 14.9 Å². The van der Waals surface area contributed by atoms with E-state index in [0.717, 1.165) is 5.75 Å². The van der Waals surface area contributed by atoms with Gasteiger partial charge in [0.25, 0.3) is 11.5 Å². The van der Waals surface area contributed by atoms with Gasteiger partial charge >= 0.3 is 0 Å². The van der Waals surface area contributed by atoms with Gasteiger partial charge in [-0.05, 0) is 19.3 Å². The Balaban J connectivity index is 2.07. The Labute approximate surface area is 128 Å². The SMILES string of the molecule is CC(C)CC(C)(O)CNC(=O)c1cnc2n(c1=O)CCS2. The molecule has 1 aliphatic heterocycles. The summed E-state index contributed by atoms with van der Waals surface area (Å²) >= 11 is 1.51. The van der Waals surface area contributed by atoms with Crippen LogP contribution >= 0.6 is 11.8 Å². The number of amides is 1. The number of carbonyl (C=O) groups excluding carboxylic acids is 1. The Kier molecular flexibility index (Phi) is 4.73. The predicted octanol–water partition coefficient (Wildman–Crippen LogP) is 0.876. The van der Waals surface area contributed by atoms with Crippen LogP contribution in [0.25, 0.3) is 0 Å². The fourth-order valence-electron chi connectivity index (χ4n) is 2.49. The molecule has 6 nitrogen and oxygen atoms in total. The van der Waals surface area contributed by atoms with Gasteiger partial charge in [0.1, 0.15) is 5.56 Å². The van der Waals surface area contributed by atoms with Gasteiger partial charge in [0.15, 0.2) is 5.16 Å². The van der Waals surface area contributed by atoms with Gasteiger partial charge in [0.2, 0.25) is 0 Å². The monoisotopic (exact) mass is 311 g/mol. The van der Waals surface area contributed by atoms with Crippen LogP contribution in [0.3, 0.4) is 0 Å². The molecule has 0 aliphatic carbocycles. The molecule has 1 aliphatic rings. The molecule has 2 heterocycles. The highest BCUT2D eigenvalue weighted by atomic mass is 32.2. The third-order valence-corrected chi connectivity index (χ3v) is 4.25. The summed E-state index contributed by atoms with van der Waals surface area (Å²) in [7, 11) is 0. The highest BCUT2D eigenvalue weighted by Gasteiger charge is 2.25. The first kappa shape index (κ1) is 16.0. The van der Waals surface area contributed by atoms with E-state index in [1.807, 2.05) is 13.8 Å². The molecular formula is C14H21N3O3S. The molecule has 2 rings (SSSR count). The Hall–Kier alpha value is -1.34. The number of aromatic nitrogens is 2. The predicted molar refractivity (Wildman–Crippen MR) is 81.6 cm³/mol. The lowest BCUT2D eigenvalue weighted by Gasteiger charge is -2.25. The first-order chi connectivity index (χ1) is 9.80. The van der Waals surface area contributed by atoms with Crippen LogP contribution in [0.5, 0.6) is 0 Å². The van der Waals surface area contributed by atoms with Crippen LogP contribution < -0.4 is 10.9 Å². The number of hydrogen-bond acceptors (Lipinski definition) is 5. The van der Waals surface area contributed by atoms with Crippen molar-refractivity contribution >= 4 is 17.7 Å². The van der Waals surface area contributed by atoms with Gasteiger partial charge in [-0.15, -0.1) is 0 Å². The first-order valence-corrected chi connectivity index (χ1v) is 8.02. The number of aliphatic hydroxyl groups is 1. The molecule has 0 radical (unpaired) electrons. The molecular weight excluding hydrogens is 290 g/mol. The zero-order valence-electron chi connectivity index (χ0n) is 12.5. The van der Waals surface area contributed by atoms with E-state index < -0.39 is 11.5 Å². The van der Waals surface area contributed by atoms with Crippen molar-refractivity contribution < 1.29 is 9.90 Å². The molecule has 1 atom stereocenters. The topological polar surface area (TPSA) is 84.2 Å². The van der Waals surface area contributed by atoms with Crippen LogP contribution in [0.4, 0.5) is 0 Å². The number of hydrogen-bond donors (Lipinski definition) is 2. The van der Waals surface area contributed by atoms with Crippen LogP contribution in [-0.4, -0.2) is 38.5 Å². The van der Waals surface area contributed by atoms with E-state index in [0.29, 0.717) is 24.0 Å². The van der Waals surface area contributed by atoms with Crippen molar-refractivity contribution in [2.45, 2.75) is 44.5 Å². The Morgan fingerprint density at radius 2 is 2.33 bits per heavy atom. The molecule has 0 aromatic carbocycles. The maximum absolute atomic E-state index is 12.2. The zero-order chi connectivity index (χ0) is 15.6. The fraction of sp³-hybridized carbons (Fsp3) is 0.643. The lowest BCUT2D eigenvalue weighted by Crippen LogP contribution is -2.43. The summed E-state index contributed by atoms with van der Waals surface area (Å²) in [5.41, 5.74) is -1.27. The van der Waals surface area contributed by atoms with Gasteiger partial charge in [-0.25, -0.2) is 4.98 Å². The molecule has 0 saturated carbocycles. The molecule has 2 N–H and O–H groups in total. The summed E-state index contributed by atoms with van der Waals surface area (Å²) in [5.74, 6) is 0.640. The molecule has 7 heteroatoms. The number of nitrogens with one attached hydrogen (secondary N) is 1. The van der Waals surface area contributed by atoms with Gasteiger partial charge in [-0.1, -0.05) is 25.6 Å². The van der Waals surface area contributed by atoms with E-state index in [4.69, 9.17) is 0 Å². The summed E-state index contributed by atoms with van der Waals surface area (Å²) in [6.45, 7) is 6.38. The minimum atomic E-state index is -0.986. The third-order valence-electron chi connectivity index (χ3n) is 3.28. The van der Waals surface area contributed by atoms with Crippen molar-refractivity contribution in [3.05, 3.63) is 22.1 Å². The Bertz CT molecular complexity index is 596. The number of thioether (sulfide) groups is 1. The molecule has 0 saturated heterocycles. The van der Waals surface area contributed by atoms with Crippen molar-refractivity contribution in [3.8, 4) is 0 Å². The van der Waals surface area contributed by atoms with Gasteiger partial charge in [0.05, 0.1) is 5.60 Å². The van der Waals surface area contributed by atoms with Gasteiger partial charge < -0.3 is 10.4 Å². The van der Waals surface area contributed by atoms with Crippen molar-refractivity contribution in [2.24, 2.45) is 5.92 Å². The first-order valence-electron chi connectivity index (χ1n) is 7.03. The molecule has 21 heavy (non-hydrogen) atoms. The standard InChI is InChI=1S/C14H21N3O3S/c1-9(2)6-14(3,20)8-16-11(18)10-7-15-13-17(12(10)19)4-5-21-13/h7,9,20H,4-6,8H2,1-3H3,(H,16,18). The molecule has 1 unspecified atom stereocenters. The van der Waals surface area contributed by atoms with E-state index >= 15 is 0 Å². The summed E-state index contributed by atoms with van der Waals surface area (Å²) in [5, 5.41) is 13.5. The van der Waals surface area contributed by atoms with Gasteiger partial charge in [0, 0.05) is 25.0 Å². The number of rotatable bonds is 5. The van der Waals surface area contributed by atoms with Crippen LogP contribution in [-0.2, 0) is 6.54 Å². The Morgan fingerprint density at radius 3 is 3.00 bits per heavy atom. The second-order valence-corrected chi connectivity index (χ2v) is 7.10. The highest BCUT2D eigenvalue weighted by molar-refractivity contribution is 7.99. The van der Waals surface area contributed by atoms with Gasteiger partial charge in [-0.2, -0.15) is 0 Å². The number of carbonyl (C=O) groups is 1. The minimum absolute atomic E-state index is 0.0293. The van der Waals surface area contributed by atoms with Crippen LogP contribution in [0.2, 0.25) is 0 Å². The fourth-order valence-corrected chi connectivity index (χ4v) is 3.40. The van der Waals surface area contributed by atoms with Crippen molar-refractivity contribution in [2.75, 3.05) is 12.3 Å². The molecule has 0 spiro atoms.